The molecule has 3 amide bonds. The Hall–Kier alpha value is -2.25. The maximum Gasteiger partial charge on any atom is 0.255 e. The van der Waals surface area contributed by atoms with Gasteiger partial charge in [-0.3, -0.25) is 24.6 Å². The molecule has 0 aromatic heterocycles. The first-order valence-corrected chi connectivity index (χ1v) is 11.2. The molecule has 4 rings (SSSR count). The van der Waals surface area contributed by atoms with Crippen LogP contribution in [-0.4, -0.2) is 58.7 Å². The van der Waals surface area contributed by atoms with E-state index in [-0.39, 0.29) is 24.1 Å². The summed E-state index contributed by atoms with van der Waals surface area (Å²) in [4.78, 5) is 41.1. The normalized spacial score (nSPS) is 24.9. The molecule has 30 heavy (non-hydrogen) atoms. The molecule has 0 bridgehead atoms. The zero-order valence-electron chi connectivity index (χ0n) is 17.9. The van der Waals surface area contributed by atoms with Crippen molar-refractivity contribution in [3.8, 4) is 0 Å². The van der Waals surface area contributed by atoms with Gasteiger partial charge in [0.15, 0.2) is 0 Å². The fourth-order valence-electron chi connectivity index (χ4n) is 5.06. The van der Waals surface area contributed by atoms with Gasteiger partial charge < -0.3 is 10.2 Å². The van der Waals surface area contributed by atoms with Crippen molar-refractivity contribution in [3.63, 3.8) is 0 Å². The van der Waals surface area contributed by atoms with Gasteiger partial charge >= 0.3 is 0 Å². The molecule has 2 N–H and O–H groups in total. The van der Waals surface area contributed by atoms with Crippen molar-refractivity contribution in [1.82, 2.24) is 20.4 Å². The number of hydrogen-bond acceptors (Lipinski definition) is 5. The molecule has 0 aliphatic carbocycles. The highest BCUT2D eigenvalue weighted by Crippen LogP contribution is 2.31. The molecule has 3 heterocycles. The van der Waals surface area contributed by atoms with Crippen LogP contribution in [0.5, 0.6) is 0 Å². The van der Waals surface area contributed by atoms with Crippen molar-refractivity contribution in [2.75, 3.05) is 13.1 Å². The molecule has 1 aromatic carbocycles. The molecule has 2 saturated heterocycles. The van der Waals surface area contributed by atoms with E-state index in [0.29, 0.717) is 30.6 Å². The summed E-state index contributed by atoms with van der Waals surface area (Å²) in [5.74, 6) is -0.716. The van der Waals surface area contributed by atoms with E-state index >= 15 is 0 Å². The predicted octanol–water partition coefficient (Wildman–Crippen LogP) is 1.80. The summed E-state index contributed by atoms with van der Waals surface area (Å²) in [6.45, 7) is 7.85. The third-order valence-corrected chi connectivity index (χ3v) is 6.71. The molecule has 3 aliphatic rings. The highest BCUT2D eigenvalue weighted by Gasteiger charge is 2.40. The molecule has 7 heteroatoms. The minimum absolute atomic E-state index is 0.101. The first-order valence-electron chi connectivity index (χ1n) is 11.2. The number of fused-ring (bicyclic) bond motifs is 1. The molecule has 0 saturated carbocycles. The van der Waals surface area contributed by atoms with Crippen LogP contribution in [0.25, 0.3) is 0 Å². The minimum atomic E-state index is -0.565. The molecule has 0 radical (unpaired) electrons. The average Bonchev–Trinajstić information content (AvgIpc) is 2.89. The first kappa shape index (κ1) is 21.0. The quantitative estimate of drug-likeness (QED) is 0.721. The predicted molar refractivity (Wildman–Crippen MR) is 114 cm³/mol. The Labute approximate surface area is 178 Å². The summed E-state index contributed by atoms with van der Waals surface area (Å²) in [5, 5.41) is 5.87. The lowest BCUT2D eigenvalue weighted by Crippen LogP contribution is -2.52. The molecule has 3 aliphatic heterocycles. The lowest BCUT2D eigenvalue weighted by atomic mass is 9.99. The van der Waals surface area contributed by atoms with Gasteiger partial charge in [-0.2, -0.15) is 0 Å². The third kappa shape index (κ3) is 4.14. The van der Waals surface area contributed by atoms with Gasteiger partial charge in [-0.05, 0) is 69.8 Å². The van der Waals surface area contributed by atoms with Gasteiger partial charge in [-0.25, -0.2) is 0 Å². The van der Waals surface area contributed by atoms with E-state index in [1.54, 1.807) is 4.90 Å². The number of piperidine rings is 1. The monoisotopic (exact) mass is 412 g/mol. The van der Waals surface area contributed by atoms with Gasteiger partial charge in [0.1, 0.15) is 6.04 Å². The second-order valence-electron chi connectivity index (χ2n) is 8.94. The smallest absolute Gasteiger partial charge is 0.255 e. The largest absolute Gasteiger partial charge is 0.322 e. The Bertz CT molecular complexity index is 830. The summed E-state index contributed by atoms with van der Waals surface area (Å²) < 4.78 is 0. The van der Waals surface area contributed by atoms with Crippen LogP contribution in [0.2, 0.25) is 0 Å². The van der Waals surface area contributed by atoms with E-state index in [1.807, 2.05) is 12.1 Å². The fraction of sp³-hybridized carbons (Fsp3) is 0.609. The van der Waals surface area contributed by atoms with Gasteiger partial charge in [0.05, 0.1) is 0 Å². The molecule has 162 valence electrons. The van der Waals surface area contributed by atoms with E-state index in [0.717, 1.165) is 31.6 Å². The van der Waals surface area contributed by atoms with E-state index in [1.165, 1.54) is 18.4 Å². The Kier molecular flexibility index (Phi) is 6.20. The molecular weight excluding hydrogens is 380 g/mol. The number of imide groups is 1. The number of amides is 3. The van der Waals surface area contributed by atoms with E-state index in [2.05, 4.69) is 35.4 Å². The van der Waals surface area contributed by atoms with Gasteiger partial charge in [0.25, 0.3) is 5.91 Å². The SMILES string of the molecule is CC(C)N(Cc1cccc2c1CN(C1CCC(=O)NC1=O)C2=O)C1CCCNCC1. The van der Waals surface area contributed by atoms with Crippen molar-refractivity contribution in [1.29, 1.82) is 0 Å². The van der Waals surface area contributed by atoms with Gasteiger partial charge in [0.2, 0.25) is 11.8 Å². The number of nitrogens with one attached hydrogen (secondary N) is 2. The number of carbonyl (C=O) groups is 3. The Morgan fingerprint density at radius 3 is 2.73 bits per heavy atom. The maximum absolute atomic E-state index is 13.1. The molecule has 0 spiro atoms. The lowest BCUT2D eigenvalue weighted by Gasteiger charge is -2.35. The number of benzene rings is 1. The highest BCUT2D eigenvalue weighted by atomic mass is 16.2. The Morgan fingerprint density at radius 1 is 1.13 bits per heavy atom. The van der Waals surface area contributed by atoms with Crippen LogP contribution in [0.1, 0.15) is 67.4 Å². The topological polar surface area (TPSA) is 81.8 Å². The first-order chi connectivity index (χ1) is 14.5. The minimum Gasteiger partial charge on any atom is -0.322 e. The summed E-state index contributed by atoms with van der Waals surface area (Å²) >= 11 is 0. The zero-order chi connectivity index (χ0) is 21.3. The van der Waals surface area contributed by atoms with Crippen molar-refractivity contribution in [2.24, 2.45) is 0 Å². The molecule has 7 nitrogen and oxygen atoms in total. The summed E-state index contributed by atoms with van der Waals surface area (Å²) in [6.07, 6.45) is 4.17. The van der Waals surface area contributed by atoms with E-state index in [4.69, 9.17) is 0 Å². The van der Waals surface area contributed by atoms with Crippen molar-refractivity contribution in [2.45, 2.75) is 77.2 Å². The van der Waals surface area contributed by atoms with Crippen LogP contribution in [-0.2, 0) is 22.7 Å². The van der Waals surface area contributed by atoms with Crippen molar-refractivity contribution in [3.05, 3.63) is 34.9 Å². The number of nitrogens with zero attached hydrogens (tertiary/aromatic N) is 2. The van der Waals surface area contributed by atoms with Crippen LogP contribution in [0.3, 0.4) is 0 Å². The van der Waals surface area contributed by atoms with Crippen molar-refractivity contribution >= 4 is 17.7 Å². The average molecular weight is 413 g/mol. The molecule has 2 atom stereocenters. The third-order valence-electron chi connectivity index (χ3n) is 6.71. The molecule has 2 unspecified atom stereocenters. The summed E-state index contributed by atoms with van der Waals surface area (Å²) in [6, 6.07) is 6.30. The lowest BCUT2D eigenvalue weighted by molar-refractivity contribution is -0.136. The van der Waals surface area contributed by atoms with Gasteiger partial charge in [-0.1, -0.05) is 12.1 Å². The number of rotatable bonds is 5. The van der Waals surface area contributed by atoms with Crippen LogP contribution in [0, 0.1) is 0 Å². The number of hydrogen-bond donors (Lipinski definition) is 2. The molecule has 1 aromatic rings. The zero-order valence-corrected chi connectivity index (χ0v) is 17.9. The highest BCUT2D eigenvalue weighted by molar-refractivity contribution is 6.05. The maximum atomic E-state index is 13.1. The summed E-state index contributed by atoms with van der Waals surface area (Å²) in [5.41, 5.74) is 2.90. The Balaban J connectivity index is 1.56. The molecule has 2 fully saturated rings. The Morgan fingerprint density at radius 2 is 1.97 bits per heavy atom. The van der Waals surface area contributed by atoms with Crippen LogP contribution < -0.4 is 10.6 Å². The van der Waals surface area contributed by atoms with Gasteiger partial charge in [0, 0.05) is 37.2 Å². The van der Waals surface area contributed by atoms with Crippen LogP contribution in [0.15, 0.2) is 18.2 Å². The molecular formula is C23H32N4O3. The second-order valence-corrected chi connectivity index (χ2v) is 8.94. The number of carbonyl (C=O) groups excluding carboxylic acids is 3. The van der Waals surface area contributed by atoms with E-state index < -0.39 is 6.04 Å². The van der Waals surface area contributed by atoms with Crippen molar-refractivity contribution < 1.29 is 14.4 Å². The van der Waals surface area contributed by atoms with Crippen LogP contribution >= 0.6 is 0 Å². The standard InChI is InChI=1S/C23H32N4O3/c1-15(2)26(17-6-4-11-24-12-10-17)13-16-5-3-7-18-19(16)14-27(23(18)30)20-8-9-21(28)25-22(20)29/h3,5,7,15,17,20,24H,4,6,8-14H2,1-2H3,(H,25,28,29). The fourth-order valence-corrected chi connectivity index (χ4v) is 5.06. The summed E-state index contributed by atoms with van der Waals surface area (Å²) in [7, 11) is 0. The van der Waals surface area contributed by atoms with E-state index in [9.17, 15) is 14.4 Å². The second kappa shape index (κ2) is 8.86. The van der Waals surface area contributed by atoms with Gasteiger partial charge in [-0.15, -0.1) is 0 Å². The van der Waals surface area contributed by atoms with Crippen LogP contribution in [0.4, 0.5) is 0 Å².